The Morgan fingerprint density at radius 3 is 2.75 bits per heavy atom. The molecule has 1 fully saturated rings. The summed E-state index contributed by atoms with van der Waals surface area (Å²) >= 11 is 0. The largest absolute Gasteiger partial charge is 0.487 e. The minimum absolute atomic E-state index is 0.112. The Labute approximate surface area is 137 Å². The van der Waals surface area contributed by atoms with E-state index in [0.717, 1.165) is 0 Å². The number of carbonyl (C=O) groups is 2. The number of carbonyl (C=O) groups excluding carboxylic acids is 2. The Bertz CT molecular complexity index is 777. The van der Waals surface area contributed by atoms with Crippen molar-refractivity contribution in [2.75, 3.05) is 18.4 Å². The van der Waals surface area contributed by atoms with E-state index in [0.29, 0.717) is 18.8 Å². The van der Waals surface area contributed by atoms with Crippen molar-refractivity contribution in [1.29, 1.82) is 0 Å². The molecule has 7 nitrogen and oxygen atoms in total. The van der Waals surface area contributed by atoms with Crippen LogP contribution in [0.25, 0.3) is 0 Å². The van der Waals surface area contributed by atoms with Gasteiger partial charge < -0.3 is 20.7 Å². The van der Waals surface area contributed by atoms with E-state index in [1.165, 1.54) is 29.3 Å². The van der Waals surface area contributed by atoms with Crippen molar-refractivity contribution in [2.45, 2.75) is 6.10 Å². The van der Waals surface area contributed by atoms with Gasteiger partial charge in [-0.25, -0.2) is 9.18 Å². The maximum atomic E-state index is 13.5. The smallest absolute Gasteiger partial charge is 0.322 e. The number of para-hydroxylation sites is 1. The lowest BCUT2D eigenvalue weighted by molar-refractivity contribution is 0.0491. The summed E-state index contributed by atoms with van der Waals surface area (Å²) in [5, 5.41) is 2.51. The Balaban J connectivity index is 1.52. The summed E-state index contributed by atoms with van der Waals surface area (Å²) < 4.78 is 19.2. The molecule has 3 amide bonds. The number of likely N-dealkylation sites (tertiary alicyclic amines) is 1. The van der Waals surface area contributed by atoms with Crippen molar-refractivity contribution in [1.82, 2.24) is 9.88 Å². The molecule has 0 unspecified atom stereocenters. The van der Waals surface area contributed by atoms with Gasteiger partial charge in [0, 0.05) is 12.3 Å². The average Bonchev–Trinajstić information content (AvgIpc) is 2.53. The number of hydrogen-bond acceptors (Lipinski definition) is 4. The maximum absolute atomic E-state index is 13.5. The second-order valence-electron chi connectivity index (χ2n) is 5.30. The monoisotopic (exact) mass is 330 g/mol. The normalized spacial score (nSPS) is 14.0. The van der Waals surface area contributed by atoms with Gasteiger partial charge in [-0.1, -0.05) is 12.1 Å². The van der Waals surface area contributed by atoms with Gasteiger partial charge in [-0.05, 0) is 18.2 Å². The van der Waals surface area contributed by atoms with E-state index >= 15 is 0 Å². The summed E-state index contributed by atoms with van der Waals surface area (Å²) in [6.07, 6.45) is 1.22. The third-order valence-electron chi connectivity index (χ3n) is 3.54. The van der Waals surface area contributed by atoms with Crippen LogP contribution in [0.1, 0.15) is 10.5 Å². The van der Waals surface area contributed by atoms with Gasteiger partial charge in [0.2, 0.25) is 0 Å². The van der Waals surface area contributed by atoms with E-state index in [2.05, 4.69) is 10.3 Å². The molecular weight excluding hydrogens is 315 g/mol. The van der Waals surface area contributed by atoms with Gasteiger partial charge in [0.05, 0.1) is 18.8 Å². The number of ether oxygens (including phenoxy) is 1. The number of nitrogens with zero attached hydrogens (tertiary/aromatic N) is 2. The molecule has 2 heterocycles. The topological polar surface area (TPSA) is 97.6 Å². The molecule has 1 aromatic carbocycles. The van der Waals surface area contributed by atoms with E-state index in [4.69, 9.17) is 10.5 Å². The third-order valence-corrected chi connectivity index (χ3v) is 3.54. The molecule has 0 atom stereocenters. The lowest BCUT2D eigenvalue weighted by Gasteiger charge is -2.38. The summed E-state index contributed by atoms with van der Waals surface area (Å²) in [5.74, 6) is -0.673. The molecule has 1 aromatic heterocycles. The molecule has 1 aliphatic rings. The highest BCUT2D eigenvalue weighted by Gasteiger charge is 2.32. The molecular formula is C16H15FN4O3. The van der Waals surface area contributed by atoms with Crippen molar-refractivity contribution in [3.8, 4) is 5.75 Å². The van der Waals surface area contributed by atoms with Crippen molar-refractivity contribution >= 4 is 17.6 Å². The van der Waals surface area contributed by atoms with E-state index in [9.17, 15) is 14.0 Å². The third kappa shape index (κ3) is 3.43. The van der Waals surface area contributed by atoms with Crippen molar-refractivity contribution < 1.29 is 18.7 Å². The Kier molecular flexibility index (Phi) is 4.28. The van der Waals surface area contributed by atoms with Crippen LogP contribution < -0.4 is 15.8 Å². The number of amides is 3. The second-order valence-corrected chi connectivity index (χ2v) is 5.30. The second kappa shape index (κ2) is 6.53. The van der Waals surface area contributed by atoms with Crippen LogP contribution in [0, 0.1) is 5.82 Å². The molecule has 0 aliphatic carbocycles. The predicted molar refractivity (Wildman–Crippen MR) is 84.2 cm³/mol. The fourth-order valence-corrected chi connectivity index (χ4v) is 2.25. The molecule has 124 valence electrons. The van der Waals surface area contributed by atoms with Crippen LogP contribution in [-0.2, 0) is 0 Å². The molecule has 0 radical (unpaired) electrons. The van der Waals surface area contributed by atoms with E-state index in [1.807, 2.05) is 0 Å². The number of halogens is 1. The Morgan fingerprint density at radius 2 is 2.04 bits per heavy atom. The lowest BCUT2D eigenvalue weighted by atomic mass is 10.2. The molecule has 0 saturated carbocycles. The van der Waals surface area contributed by atoms with Gasteiger partial charge in [0.25, 0.3) is 5.91 Å². The molecule has 24 heavy (non-hydrogen) atoms. The zero-order valence-electron chi connectivity index (χ0n) is 12.6. The Hall–Kier alpha value is -3.16. The van der Waals surface area contributed by atoms with Gasteiger partial charge >= 0.3 is 6.03 Å². The number of urea groups is 1. The van der Waals surface area contributed by atoms with Crippen LogP contribution in [-0.4, -0.2) is 41.0 Å². The molecule has 2 aromatic rings. The highest BCUT2D eigenvalue weighted by Crippen LogP contribution is 2.20. The number of benzene rings is 1. The number of primary amides is 1. The molecule has 3 rings (SSSR count). The first-order chi connectivity index (χ1) is 11.5. The minimum atomic E-state index is -0.639. The molecule has 8 heteroatoms. The minimum Gasteiger partial charge on any atom is -0.487 e. The molecule has 3 N–H and O–H groups in total. The van der Waals surface area contributed by atoms with E-state index in [-0.39, 0.29) is 17.5 Å². The zero-order valence-corrected chi connectivity index (χ0v) is 12.6. The summed E-state index contributed by atoms with van der Waals surface area (Å²) in [7, 11) is 0. The number of pyridine rings is 1. The summed E-state index contributed by atoms with van der Waals surface area (Å²) in [6.45, 7) is 0.711. The van der Waals surface area contributed by atoms with Crippen molar-refractivity contribution in [3.63, 3.8) is 0 Å². The van der Waals surface area contributed by atoms with E-state index in [1.54, 1.807) is 18.2 Å². The molecule has 0 spiro atoms. The Morgan fingerprint density at radius 1 is 1.29 bits per heavy atom. The summed E-state index contributed by atoms with van der Waals surface area (Å²) in [4.78, 5) is 28.4. The van der Waals surface area contributed by atoms with Crippen LogP contribution >= 0.6 is 0 Å². The summed E-state index contributed by atoms with van der Waals surface area (Å²) in [6, 6.07) is 8.61. The zero-order chi connectivity index (χ0) is 17.1. The fourth-order valence-electron chi connectivity index (χ4n) is 2.25. The van der Waals surface area contributed by atoms with Crippen LogP contribution in [0.2, 0.25) is 0 Å². The molecule has 0 bridgehead atoms. The number of nitrogens with two attached hydrogens (primary N) is 1. The van der Waals surface area contributed by atoms with Crippen LogP contribution in [0.4, 0.5) is 14.9 Å². The standard InChI is InChI=1S/C16H15FN4O3/c17-12-3-1-2-4-13(12)20-16(23)21-8-11(9-21)24-10-5-6-19-14(7-10)15(18)22/h1-7,11H,8-9H2,(H2,18,22)(H,20,23). The molecule has 1 saturated heterocycles. The van der Waals surface area contributed by atoms with Gasteiger partial charge in [-0.15, -0.1) is 0 Å². The van der Waals surface area contributed by atoms with Gasteiger partial charge in [0.15, 0.2) is 0 Å². The number of nitrogens with one attached hydrogen (secondary N) is 1. The van der Waals surface area contributed by atoms with Crippen molar-refractivity contribution in [2.24, 2.45) is 5.73 Å². The highest BCUT2D eigenvalue weighted by atomic mass is 19.1. The number of anilines is 1. The maximum Gasteiger partial charge on any atom is 0.322 e. The van der Waals surface area contributed by atoms with Crippen molar-refractivity contribution in [3.05, 3.63) is 54.1 Å². The SMILES string of the molecule is NC(=O)c1cc(OC2CN(C(=O)Nc3ccccc3F)C2)ccn1. The van der Waals surface area contributed by atoms with E-state index < -0.39 is 17.8 Å². The summed E-state index contributed by atoms with van der Waals surface area (Å²) in [5.41, 5.74) is 5.40. The van der Waals surface area contributed by atoms with Gasteiger partial charge in [-0.2, -0.15) is 0 Å². The highest BCUT2D eigenvalue weighted by molar-refractivity contribution is 5.91. The van der Waals surface area contributed by atoms with Gasteiger partial charge in [-0.3, -0.25) is 9.78 Å². The quantitative estimate of drug-likeness (QED) is 0.890. The average molecular weight is 330 g/mol. The van der Waals surface area contributed by atoms with Crippen LogP contribution in [0.5, 0.6) is 5.75 Å². The fraction of sp³-hybridized carbons (Fsp3) is 0.188. The first-order valence-electron chi connectivity index (χ1n) is 7.26. The molecule has 1 aliphatic heterocycles. The first kappa shape index (κ1) is 15.7. The number of rotatable bonds is 4. The van der Waals surface area contributed by atoms with Crippen LogP contribution in [0.15, 0.2) is 42.6 Å². The predicted octanol–water partition coefficient (Wildman–Crippen LogP) is 1.61. The number of aromatic nitrogens is 1. The van der Waals surface area contributed by atoms with Gasteiger partial charge in [0.1, 0.15) is 23.4 Å². The number of hydrogen-bond donors (Lipinski definition) is 2. The van der Waals surface area contributed by atoms with Crippen LogP contribution in [0.3, 0.4) is 0 Å². The first-order valence-corrected chi connectivity index (χ1v) is 7.26. The lowest BCUT2D eigenvalue weighted by Crippen LogP contribution is -2.57.